The number of aliphatic hydroxyl groups excluding tert-OH is 1. The van der Waals surface area contributed by atoms with Crippen LogP contribution in [-0.4, -0.2) is 28.5 Å². The van der Waals surface area contributed by atoms with Gasteiger partial charge in [-0.05, 0) is 13.0 Å². The Morgan fingerprint density at radius 3 is 2.05 bits per heavy atom. The van der Waals surface area contributed by atoms with E-state index < -0.39 is 10.8 Å². The Hall–Kier alpha value is -2.13. The third kappa shape index (κ3) is 6.72. The number of anilines is 2. The molecule has 0 aliphatic heterocycles. The van der Waals surface area contributed by atoms with Crippen LogP contribution in [0.5, 0.6) is 0 Å². The number of thiol groups is 1. The van der Waals surface area contributed by atoms with Gasteiger partial charge in [-0.2, -0.15) is 0 Å². The van der Waals surface area contributed by atoms with Crippen molar-refractivity contribution in [3.05, 3.63) is 22.2 Å². The molecule has 1 aromatic rings. The molecule has 0 saturated carbocycles. The number of amides is 2. The summed E-state index contributed by atoms with van der Waals surface area (Å²) in [4.78, 5) is 32.4. The van der Waals surface area contributed by atoms with E-state index in [1.54, 1.807) is 6.92 Å². The van der Waals surface area contributed by atoms with Crippen molar-refractivity contribution in [2.45, 2.75) is 25.7 Å². The molecule has 0 bridgehead atoms. The Labute approximate surface area is 127 Å². The summed E-state index contributed by atoms with van der Waals surface area (Å²) in [6, 6.07) is 2.46. The van der Waals surface area contributed by atoms with Crippen LogP contribution in [0.25, 0.3) is 0 Å². The maximum atomic E-state index is 10.9. The Morgan fingerprint density at radius 2 is 1.67 bits per heavy atom. The molecule has 0 saturated heterocycles. The Morgan fingerprint density at radius 1 is 1.24 bits per heavy atom. The summed E-state index contributed by atoms with van der Waals surface area (Å²) < 4.78 is 0. The molecule has 0 heterocycles. The van der Waals surface area contributed by atoms with Crippen molar-refractivity contribution >= 4 is 41.5 Å². The second-order valence-corrected chi connectivity index (χ2v) is 4.30. The third-order valence-electron chi connectivity index (χ3n) is 1.93. The van der Waals surface area contributed by atoms with Gasteiger partial charge in [0.2, 0.25) is 11.8 Å². The fraction of sp³-hybridized carbons (Fsp3) is 0.333. The lowest BCUT2D eigenvalue weighted by Gasteiger charge is -2.09. The summed E-state index contributed by atoms with van der Waals surface area (Å²) in [6.45, 7) is 4.45. The molecule has 9 heteroatoms. The fourth-order valence-corrected chi connectivity index (χ4v) is 1.56. The van der Waals surface area contributed by atoms with Crippen LogP contribution < -0.4 is 10.6 Å². The highest BCUT2D eigenvalue weighted by Crippen LogP contribution is 2.33. The van der Waals surface area contributed by atoms with Gasteiger partial charge in [-0.3, -0.25) is 19.7 Å². The lowest BCUT2D eigenvalue weighted by Crippen LogP contribution is -2.10. The minimum Gasteiger partial charge on any atom is -0.397 e. The van der Waals surface area contributed by atoms with E-state index in [1.807, 2.05) is 0 Å². The number of nitrogens with one attached hydrogen (secondary N) is 2. The number of benzene rings is 1. The molecular formula is C12H17N3O5S. The molecule has 0 aliphatic carbocycles. The predicted octanol–water partition coefficient (Wildman–Crippen LogP) is 1.80. The first kappa shape index (κ1) is 18.9. The molecule has 3 N–H and O–H groups in total. The van der Waals surface area contributed by atoms with Gasteiger partial charge >= 0.3 is 0 Å². The lowest BCUT2D eigenvalue weighted by atomic mass is 10.2. The lowest BCUT2D eigenvalue weighted by molar-refractivity contribution is -0.383. The van der Waals surface area contributed by atoms with E-state index in [9.17, 15) is 19.7 Å². The van der Waals surface area contributed by atoms with Crippen LogP contribution in [0.15, 0.2) is 17.0 Å². The largest absolute Gasteiger partial charge is 0.397 e. The van der Waals surface area contributed by atoms with E-state index in [1.165, 1.54) is 19.9 Å². The maximum absolute atomic E-state index is 10.9. The molecule has 116 valence electrons. The minimum atomic E-state index is -0.649. The third-order valence-corrected chi connectivity index (χ3v) is 2.30. The standard InChI is InChI=1S/C10H11N3O4S.C2H6O/c1-5(14)11-7-4-10(18)8(12-6(2)15)3-9(7)13(16)17;1-2-3/h3-4,18H,1-2H3,(H,11,14)(H,12,15);3H,2H2,1H3. The van der Waals surface area contributed by atoms with E-state index in [4.69, 9.17) is 5.11 Å². The summed E-state index contributed by atoms with van der Waals surface area (Å²) in [5.74, 6) is -0.801. The first-order chi connectivity index (χ1) is 9.72. The van der Waals surface area contributed by atoms with Crippen LogP contribution in [-0.2, 0) is 9.59 Å². The topological polar surface area (TPSA) is 122 Å². The number of nitrogens with zero attached hydrogens (tertiary/aromatic N) is 1. The normalized spacial score (nSPS) is 9.19. The van der Waals surface area contributed by atoms with Crippen molar-refractivity contribution < 1.29 is 19.6 Å². The van der Waals surface area contributed by atoms with Crippen molar-refractivity contribution in [3.8, 4) is 0 Å². The molecule has 0 fully saturated rings. The van der Waals surface area contributed by atoms with Crippen LogP contribution in [0, 0.1) is 10.1 Å². The van der Waals surface area contributed by atoms with Crippen LogP contribution in [0.2, 0.25) is 0 Å². The van der Waals surface area contributed by atoms with Gasteiger partial charge in [0.05, 0.1) is 10.6 Å². The van der Waals surface area contributed by atoms with Crippen molar-refractivity contribution in [1.29, 1.82) is 0 Å². The van der Waals surface area contributed by atoms with E-state index in [0.29, 0.717) is 4.90 Å². The molecule has 0 aliphatic rings. The van der Waals surface area contributed by atoms with Crippen LogP contribution in [0.1, 0.15) is 20.8 Å². The number of aliphatic hydroxyl groups is 1. The van der Waals surface area contributed by atoms with Crippen LogP contribution >= 0.6 is 12.6 Å². The molecule has 0 atom stereocenters. The van der Waals surface area contributed by atoms with Gasteiger partial charge in [0.1, 0.15) is 5.69 Å². The van der Waals surface area contributed by atoms with Crippen molar-refractivity contribution in [2.24, 2.45) is 0 Å². The summed E-state index contributed by atoms with van der Waals surface area (Å²) in [6.07, 6.45) is 0. The molecule has 0 unspecified atom stereocenters. The van der Waals surface area contributed by atoms with E-state index >= 15 is 0 Å². The first-order valence-electron chi connectivity index (χ1n) is 5.90. The Bertz CT molecular complexity index is 548. The molecule has 21 heavy (non-hydrogen) atoms. The number of carbonyl (C=O) groups excluding carboxylic acids is 2. The number of rotatable bonds is 3. The molecule has 1 aromatic carbocycles. The van der Waals surface area contributed by atoms with Gasteiger partial charge in [0.25, 0.3) is 5.69 Å². The summed E-state index contributed by atoms with van der Waals surface area (Å²) in [7, 11) is 0. The highest BCUT2D eigenvalue weighted by molar-refractivity contribution is 7.80. The highest BCUT2D eigenvalue weighted by atomic mass is 32.1. The van der Waals surface area contributed by atoms with Crippen molar-refractivity contribution in [3.63, 3.8) is 0 Å². The van der Waals surface area contributed by atoms with Crippen LogP contribution in [0.4, 0.5) is 17.1 Å². The highest BCUT2D eigenvalue weighted by Gasteiger charge is 2.18. The Balaban J connectivity index is 0.00000122. The molecule has 0 aromatic heterocycles. The van der Waals surface area contributed by atoms with Gasteiger partial charge in [0, 0.05) is 31.4 Å². The van der Waals surface area contributed by atoms with Crippen molar-refractivity contribution in [2.75, 3.05) is 17.2 Å². The van der Waals surface area contributed by atoms with Crippen molar-refractivity contribution in [1.82, 2.24) is 0 Å². The SMILES string of the molecule is CC(=O)Nc1cc([N+](=O)[O-])c(NC(C)=O)cc1S.CCO. The molecule has 8 nitrogen and oxygen atoms in total. The Kier molecular flexibility index (Phi) is 8.02. The van der Waals surface area contributed by atoms with Gasteiger partial charge in [-0.1, -0.05) is 0 Å². The van der Waals surface area contributed by atoms with E-state index in [2.05, 4.69) is 23.3 Å². The maximum Gasteiger partial charge on any atom is 0.294 e. The summed E-state index contributed by atoms with van der Waals surface area (Å²) in [5.41, 5.74) is -0.0648. The van der Waals surface area contributed by atoms with E-state index in [-0.39, 0.29) is 29.6 Å². The molecular weight excluding hydrogens is 298 g/mol. The number of nitro groups is 1. The number of hydrogen-bond donors (Lipinski definition) is 4. The predicted molar refractivity (Wildman–Crippen MR) is 81.7 cm³/mol. The fourth-order valence-electron chi connectivity index (χ4n) is 1.31. The molecule has 1 rings (SSSR count). The number of carbonyl (C=O) groups is 2. The average Bonchev–Trinajstić information content (AvgIpc) is 2.31. The molecule has 0 radical (unpaired) electrons. The van der Waals surface area contributed by atoms with Gasteiger partial charge in [-0.15, -0.1) is 12.6 Å². The van der Waals surface area contributed by atoms with E-state index in [0.717, 1.165) is 6.07 Å². The number of hydrogen-bond acceptors (Lipinski definition) is 6. The average molecular weight is 315 g/mol. The quantitative estimate of drug-likeness (QED) is 0.385. The monoisotopic (exact) mass is 315 g/mol. The second-order valence-electron chi connectivity index (χ2n) is 3.82. The van der Waals surface area contributed by atoms with Gasteiger partial charge in [-0.25, -0.2) is 0 Å². The zero-order chi connectivity index (χ0) is 16.6. The van der Waals surface area contributed by atoms with Gasteiger partial charge in [0.15, 0.2) is 0 Å². The zero-order valence-corrected chi connectivity index (χ0v) is 12.7. The molecule has 2 amide bonds. The molecule has 0 spiro atoms. The van der Waals surface area contributed by atoms with Gasteiger partial charge < -0.3 is 15.7 Å². The minimum absolute atomic E-state index is 0.0339. The summed E-state index contributed by atoms with van der Waals surface area (Å²) >= 11 is 4.09. The zero-order valence-electron chi connectivity index (χ0n) is 11.8. The second kappa shape index (κ2) is 8.93. The number of nitro benzene ring substituents is 1. The summed E-state index contributed by atoms with van der Waals surface area (Å²) in [5, 5.41) is 23.2. The van der Waals surface area contributed by atoms with Crippen LogP contribution in [0.3, 0.4) is 0 Å². The first-order valence-corrected chi connectivity index (χ1v) is 6.35. The smallest absolute Gasteiger partial charge is 0.294 e.